The number of nitrogens with two attached hydrogens (primary N) is 1. The Morgan fingerprint density at radius 3 is 2.63 bits per heavy atom. The molecule has 106 valence electrons. The first kappa shape index (κ1) is 14.1. The van der Waals surface area contributed by atoms with Crippen molar-refractivity contribution in [3.05, 3.63) is 10.9 Å². The summed E-state index contributed by atoms with van der Waals surface area (Å²) < 4.78 is 0. The average molecular weight is 282 g/mol. The largest absolute Gasteiger partial charge is 0.397 e. The van der Waals surface area contributed by atoms with E-state index in [0.717, 1.165) is 37.7 Å². The van der Waals surface area contributed by atoms with Gasteiger partial charge in [-0.3, -0.25) is 4.79 Å². The van der Waals surface area contributed by atoms with Gasteiger partial charge in [-0.2, -0.15) is 0 Å². The SMILES string of the molecule is CCNC(=O)c1sc(N2CCN(CC)CC2)cc1N. The minimum absolute atomic E-state index is 0.0663. The number of piperazine rings is 1. The van der Waals surface area contributed by atoms with Gasteiger partial charge in [0.25, 0.3) is 5.91 Å². The molecule has 6 heteroatoms. The predicted octanol–water partition coefficient (Wildman–Crippen LogP) is 1.22. The number of thiophene rings is 1. The van der Waals surface area contributed by atoms with E-state index in [0.29, 0.717) is 17.1 Å². The fourth-order valence-electron chi connectivity index (χ4n) is 2.25. The third-order valence-electron chi connectivity index (χ3n) is 3.42. The summed E-state index contributed by atoms with van der Waals surface area (Å²) in [5.74, 6) is -0.0663. The average Bonchev–Trinajstić information content (AvgIpc) is 2.81. The van der Waals surface area contributed by atoms with Crippen LogP contribution < -0.4 is 16.0 Å². The lowest BCUT2D eigenvalue weighted by molar-refractivity contribution is 0.0960. The summed E-state index contributed by atoms with van der Waals surface area (Å²) in [5.41, 5.74) is 6.53. The van der Waals surface area contributed by atoms with Crippen molar-refractivity contribution in [2.45, 2.75) is 13.8 Å². The van der Waals surface area contributed by atoms with Crippen LogP contribution in [0.3, 0.4) is 0 Å². The van der Waals surface area contributed by atoms with Crippen molar-refractivity contribution < 1.29 is 4.79 Å². The molecule has 2 heterocycles. The van der Waals surface area contributed by atoms with Gasteiger partial charge in [0.15, 0.2) is 0 Å². The molecule has 0 aliphatic carbocycles. The summed E-state index contributed by atoms with van der Waals surface area (Å²) in [4.78, 5) is 17.2. The molecular weight excluding hydrogens is 260 g/mol. The second kappa shape index (κ2) is 6.25. The fourth-order valence-corrected chi connectivity index (χ4v) is 3.30. The van der Waals surface area contributed by atoms with Crippen molar-refractivity contribution in [2.24, 2.45) is 0 Å². The number of hydrogen-bond acceptors (Lipinski definition) is 5. The van der Waals surface area contributed by atoms with Gasteiger partial charge in [0.2, 0.25) is 0 Å². The molecule has 1 aliphatic rings. The molecule has 0 spiro atoms. The molecule has 19 heavy (non-hydrogen) atoms. The Balaban J connectivity index is 2.06. The van der Waals surface area contributed by atoms with E-state index >= 15 is 0 Å². The van der Waals surface area contributed by atoms with Gasteiger partial charge in [-0.15, -0.1) is 11.3 Å². The van der Waals surface area contributed by atoms with E-state index in [2.05, 4.69) is 22.0 Å². The number of carbonyl (C=O) groups is 1. The van der Waals surface area contributed by atoms with E-state index in [1.165, 1.54) is 11.3 Å². The second-order valence-corrected chi connectivity index (χ2v) is 5.68. The molecule has 1 aromatic heterocycles. The number of likely N-dealkylation sites (N-methyl/N-ethyl adjacent to an activating group) is 1. The minimum atomic E-state index is -0.0663. The van der Waals surface area contributed by atoms with E-state index < -0.39 is 0 Å². The molecule has 0 atom stereocenters. The Hall–Kier alpha value is -1.27. The molecular formula is C13H22N4OS. The third kappa shape index (κ3) is 3.19. The van der Waals surface area contributed by atoms with E-state index in [1.54, 1.807) is 0 Å². The fraction of sp³-hybridized carbons (Fsp3) is 0.615. The maximum absolute atomic E-state index is 11.9. The second-order valence-electron chi connectivity index (χ2n) is 4.65. The summed E-state index contributed by atoms with van der Waals surface area (Å²) in [6.07, 6.45) is 0. The standard InChI is InChI=1S/C13H22N4OS/c1-3-15-13(18)12-10(14)9-11(19-12)17-7-5-16(4-2)6-8-17/h9H,3-8,14H2,1-2H3,(H,15,18). The van der Waals surface area contributed by atoms with E-state index in [-0.39, 0.29) is 5.91 Å². The Morgan fingerprint density at radius 1 is 1.37 bits per heavy atom. The Kier molecular flexibility index (Phi) is 4.66. The van der Waals surface area contributed by atoms with Gasteiger partial charge >= 0.3 is 0 Å². The van der Waals surface area contributed by atoms with Crippen LogP contribution in [0.25, 0.3) is 0 Å². The summed E-state index contributed by atoms with van der Waals surface area (Å²) >= 11 is 1.49. The molecule has 0 bridgehead atoms. The Morgan fingerprint density at radius 2 is 2.05 bits per heavy atom. The lowest BCUT2D eigenvalue weighted by Gasteiger charge is -2.34. The third-order valence-corrected chi connectivity index (χ3v) is 4.63. The zero-order valence-electron chi connectivity index (χ0n) is 11.6. The molecule has 1 saturated heterocycles. The summed E-state index contributed by atoms with van der Waals surface area (Å²) in [5, 5.41) is 3.91. The summed E-state index contributed by atoms with van der Waals surface area (Å²) in [6, 6.07) is 1.93. The highest BCUT2D eigenvalue weighted by Crippen LogP contribution is 2.32. The maximum atomic E-state index is 11.9. The van der Waals surface area contributed by atoms with Crippen molar-refractivity contribution in [1.82, 2.24) is 10.2 Å². The van der Waals surface area contributed by atoms with Crippen molar-refractivity contribution >= 4 is 27.9 Å². The van der Waals surface area contributed by atoms with Crippen LogP contribution in [0.2, 0.25) is 0 Å². The predicted molar refractivity (Wildman–Crippen MR) is 81.1 cm³/mol. The number of nitrogens with one attached hydrogen (secondary N) is 1. The smallest absolute Gasteiger partial charge is 0.263 e. The number of anilines is 2. The van der Waals surface area contributed by atoms with Gasteiger partial charge in [0.05, 0.1) is 10.7 Å². The van der Waals surface area contributed by atoms with Gasteiger partial charge in [0.1, 0.15) is 4.88 Å². The number of rotatable bonds is 4. The zero-order valence-corrected chi connectivity index (χ0v) is 12.4. The summed E-state index contributed by atoms with van der Waals surface area (Å²) in [6.45, 7) is 9.98. The van der Waals surface area contributed by atoms with E-state index in [4.69, 9.17) is 5.73 Å². The van der Waals surface area contributed by atoms with Gasteiger partial charge in [-0.05, 0) is 19.5 Å². The van der Waals surface area contributed by atoms with Crippen LogP contribution in [0.5, 0.6) is 0 Å². The minimum Gasteiger partial charge on any atom is -0.397 e. The molecule has 0 unspecified atom stereocenters. The number of hydrogen-bond donors (Lipinski definition) is 2. The number of carbonyl (C=O) groups excluding carboxylic acids is 1. The van der Waals surface area contributed by atoms with Crippen molar-refractivity contribution in [2.75, 3.05) is 49.9 Å². The molecule has 5 nitrogen and oxygen atoms in total. The van der Waals surface area contributed by atoms with Crippen molar-refractivity contribution in [1.29, 1.82) is 0 Å². The van der Waals surface area contributed by atoms with Crippen LogP contribution in [0.1, 0.15) is 23.5 Å². The van der Waals surface area contributed by atoms with Crippen molar-refractivity contribution in [3.8, 4) is 0 Å². The topological polar surface area (TPSA) is 61.6 Å². The van der Waals surface area contributed by atoms with Crippen LogP contribution in [0.4, 0.5) is 10.7 Å². The molecule has 1 fully saturated rings. The van der Waals surface area contributed by atoms with Crippen LogP contribution >= 0.6 is 11.3 Å². The molecule has 0 radical (unpaired) electrons. The monoisotopic (exact) mass is 282 g/mol. The molecule has 0 aromatic carbocycles. The van der Waals surface area contributed by atoms with Gasteiger partial charge in [-0.25, -0.2) is 0 Å². The number of amides is 1. The zero-order chi connectivity index (χ0) is 13.8. The molecule has 1 aliphatic heterocycles. The van der Waals surface area contributed by atoms with Crippen LogP contribution in [0.15, 0.2) is 6.07 Å². The Labute approximate surface area is 118 Å². The highest BCUT2D eigenvalue weighted by Gasteiger charge is 2.20. The highest BCUT2D eigenvalue weighted by atomic mass is 32.1. The van der Waals surface area contributed by atoms with E-state index in [1.807, 2.05) is 13.0 Å². The Bertz CT molecular complexity index is 438. The first-order chi connectivity index (χ1) is 9.15. The van der Waals surface area contributed by atoms with Gasteiger partial charge in [-0.1, -0.05) is 6.92 Å². The normalized spacial score (nSPS) is 16.6. The lowest BCUT2D eigenvalue weighted by atomic mass is 10.3. The molecule has 0 saturated carbocycles. The first-order valence-corrected chi connectivity index (χ1v) is 7.62. The van der Waals surface area contributed by atoms with Crippen LogP contribution in [0, 0.1) is 0 Å². The summed E-state index contributed by atoms with van der Waals surface area (Å²) in [7, 11) is 0. The highest BCUT2D eigenvalue weighted by molar-refractivity contribution is 7.18. The number of nitrogen functional groups attached to an aromatic ring is 1. The molecule has 1 aromatic rings. The molecule has 3 N–H and O–H groups in total. The van der Waals surface area contributed by atoms with Gasteiger partial charge < -0.3 is 20.9 Å². The van der Waals surface area contributed by atoms with Crippen LogP contribution in [-0.2, 0) is 0 Å². The molecule has 2 rings (SSSR count). The quantitative estimate of drug-likeness (QED) is 0.872. The van der Waals surface area contributed by atoms with E-state index in [9.17, 15) is 4.79 Å². The maximum Gasteiger partial charge on any atom is 0.263 e. The van der Waals surface area contributed by atoms with Crippen LogP contribution in [-0.4, -0.2) is 50.1 Å². The first-order valence-electron chi connectivity index (χ1n) is 6.80. The lowest BCUT2D eigenvalue weighted by Crippen LogP contribution is -2.45. The van der Waals surface area contributed by atoms with Crippen molar-refractivity contribution in [3.63, 3.8) is 0 Å². The molecule has 1 amide bonds. The van der Waals surface area contributed by atoms with Gasteiger partial charge in [0, 0.05) is 32.7 Å². The number of nitrogens with zero attached hydrogens (tertiary/aromatic N) is 2.